The summed E-state index contributed by atoms with van der Waals surface area (Å²) in [7, 11) is 0. The number of hydrogen-bond donors (Lipinski definition) is 1. The van der Waals surface area contributed by atoms with Crippen molar-refractivity contribution in [3.8, 4) is 11.1 Å². The number of halogens is 1. The molecule has 2 rings (SSSR count). The average molecular weight is 207 g/mol. The molecular formula is C11H10FNS. The zero-order valence-electron chi connectivity index (χ0n) is 7.53. The van der Waals surface area contributed by atoms with E-state index in [4.69, 9.17) is 5.73 Å². The first-order valence-electron chi connectivity index (χ1n) is 4.32. The zero-order chi connectivity index (χ0) is 9.97. The average Bonchev–Trinajstić information content (AvgIpc) is 2.70. The van der Waals surface area contributed by atoms with Gasteiger partial charge in [-0.05, 0) is 45.6 Å². The Labute approximate surface area is 86.0 Å². The summed E-state index contributed by atoms with van der Waals surface area (Å²) in [6, 6.07) is 6.68. The second kappa shape index (κ2) is 3.90. The van der Waals surface area contributed by atoms with E-state index >= 15 is 0 Å². The van der Waals surface area contributed by atoms with Gasteiger partial charge >= 0.3 is 0 Å². The van der Waals surface area contributed by atoms with Gasteiger partial charge in [0, 0.05) is 6.54 Å². The van der Waals surface area contributed by atoms with Crippen LogP contribution in [0.5, 0.6) is 0 Å². The first-order valence-corrected chi connectivity index (χ1v) is 5.26. The number of benzene rings is 1. The monoisotopic (exact) mass is 207 g/mol. The maximum absolute atomic E-state index is 13.0. The van der Waals surface area contributed by atoms with Crippen molar-refractivity contribution >= 4 is 11.3 Å². The molecule has 0 aliphatic carbocycles. The smallest absolute Gasteiger partial charge is 0.123 e. The molecule has 0 saturated carbocycles. The summed E-state index contributed by atoms with van der Waals surface area (Å²) in [4.78, 5) is 0. The first kappa shape index (κ1) is 9.37. The molecule has 0 spiro atoms. The van der Waals surface area contributed by atoms with Crippen molar-refractivity contribution < 1.29 is 4.39 Å². The van der Waals surface area contributed by atoms with Gasteiger partial charge < -0.3 is 5.73 Å². The second-order valence-corrected chi connectivity index (χ2v) is 3.80. The van der Waals surface area contributed by atoms with Crippen LogP contribution in [0.15, 0.2) is 35.0 Å². The lowest BCUT2D eigenvalue weighted by Crippen LogP contribution is -1.98. The van der Waals surface area contributed by atoms with Gasteiger partial charge in [0.05, 0.1) is 0 Å². The van der Waals surface area contributed by atoms with E-state index in [2.05, 4.69) is 0 Å². The van der Waals surface area contributed by atoms with Crippen LogP contribution in [0.25, 0.3) is 11.1 Å². The molecule has 0 fully saturated rings. The minimum Gasteiger partial charge on any atom is -0.326 e. The van der Waals surface area contributed by atoms with Crippen LogP contribution in [0.2, 0.25) is 0 Å². The van der Waals surface area contributed by atoms with Crippen molar-refractivity contribution in [1.29, 1.82) is 0 Å². The molecule has 14 heavy (non-hydrogen) atoms. The van der Waals surface area contributed by atoms with E-state index in [1.165, 1.54) is 12.1 Å². The minimum absolute atomic E-state index is 0.219. The fourth-order valence-corrected chi connectivity index (χ4v) is 2.07. The molecule has 0 radical (unpaired) electrons. The number of nitrogens with two attached hydrogens (primary N) is 1. The van der Waals surface area contributed by atoms with Gasteiger partial charge in [-0.25, -0.2) is 4.39 Å². The summed E-state index contributed by atoms with van der Waals surface area (Å²) in [5.41, 5.74) is 8.50. The van der Waals surface area contributed by atoms with E-state index in [1.807, 2.05) is 16.8 Å². The molecule has 0 atom stereocenters. The van der Waals surface area contributed by atoms with Crippen LogP contribution in [0, 0.1) is 5.82 Å². The second-order valence-electron chi connectivity index (χ2n) is 3.02. The molecule has 1 nitrogen and oxygen atoms in total. The fourth-order valence-electron chi connectivity index (χ4n) is 1.41. The molecule has 2 N–H and O–H groups in total. The van der Waals surface area contributed by atoms with E-state index in [-0.39, 0.29) is 5.82 Å². The maximum Gasteiger partial charge on any atom is 0.123 e. The van der Waals surface area contributed by atoms with Gasteiger partial charge in [-0.2, -0.15) is 11.3 Å². The molecule has 1 aromatic heterocycles. The number of hydrogen-bond acceptors (Lipinski definition) is 2. The van der Waals surface area contributed by atoms with Crippen molar-refractivity contribution in [2.45, 2.75) is 6.54 Å². The summed E-state index contributed by atoms with van der Waals surface area (Å²) < 4.78 is 13.0. The summed E-state index contributed by atoms with van der Waals surface area (Å²) >= 11 is 1.60. The van der Waals surface area contributed by atoms with Crippen molar-refractivity contribution in [3.63, 3.8) is 0 Å². The van der Waals surface area contributed by atoms with Gasteiger partial charge in [0.15, 0.2) is 0 Å². The highest BCUT2D eigenvalue weighted by molar-refractivity contribution is 7.08. The molecule has 0 saturated heterocycles. The summed E-state index contributed by atoms with van der Waals surface area (Å²) in [5, 5.41) is 3.97. The zero-order valence-corrected chi connectivity index (χ0v) is 8.35. The Morgan fingerprint density at radius 3 is 2.79 bits per heavy atom. The third kappa shape index (κ3) is 1.69. The van der Waals surface area contributed by atoms with Crippen LogP contribution in [-0.4, -0.2) is 0 Å². The lowest BCUT2D eigenvalue weighted by atomic mass is 10.0. The lowest BCUT2D eigenvalue weighted by Gasteiger charge is -2.05. The minimum atomic E-state index is -0.219. The van der Waals surface area contributed by atoms with E-state index in [0.29, 0.717) is 6.54 Å². The summed E-state index contributed by atoms with van der Waals surface area (Å²) in [6.07, 6.45) is 0. The van der Waals surface area contributed by atoms with Crippen LogP contribution in [0.1, 0.15) is 5.56 Å². The van der Waals surface area contributed by atoms with E-state index in [1.54, 1.807) is 17.4 Å². The van der Waals surface area contributed by atoms with E-state index < -0.39 is 0 Å². The van der Waals surface area contributed by atoms with Gasteiger partial charge in [-0.1, -0.05) is 6.07 Å². The summed E-state index contributed by atoms with van der Waals surface area (Å²) in [5.74, 6) is -0.219. The Kier molecular flexibility index (Phi) is 2.61. The SMILES string of the molecule is NCc1ccc(F)cc1-c1ccsc1. The van der Waals surface area contributed by atoms with Crippen LogP contribution < -0.4 is 5.73 Å². The molecule has 3 heteroatoms. The van der Waals surface area contributed by atoms with Crippen molar-refractivity contribution in [2.24, 2.45) is 5.73 Å². The van der Waals surface area contributed by atoms with Gasteiger partial charge in [0.1, 0.15) is 5.82 Å². The molecule has 1 heterocycles. The molecule has 72 valence electrons. The Morgan fingerprint density at radius 1 is 1.29 bits per heavy atom. The Hall–Kier alpha value is -1.19. The molecule has 0 amide bonds. The maximum atomic E-state index is 13.0. The number of rotatable bonds is 2. The van der Waals surface area contributed by atoms with Crippen LogP contribution >= 0.6 is 11.3 Å². The third-order valence-corrected chi connectivity index (χ3v) is 2.81. The molecule has 2 aromatic rings. The predicted octanol–water partition coefficient (Wildman–Crippen LogP) is 3.01. The molecular weight excluding hydrogens is 197 g/mol. The topological polar surface area (TPSA) is 26.0 Å². The largest absolute Gasteiger partial charge is 0.326 e. The normalized spacial score (nSPS) is 10.4. The van der Waals surface area contributed by atoms with Gasteiger partial charge in [-0.15, -0.1) is 0 Å². The van der Waals surface area contributed by atoms with Crippen molar-refractivity contribution in [2.75, 3.05) is 0 Å². The molecule has 0 aliphatic rings. The quantitative estimate of drug-likeness (QED) is 0.804. The lowest BCUT2D eigenvalue weighted by molar-refractivity contribution is 0.627. The van der Waals surface area contributed by atoms with E-state index in [9.17, 15) is 4.39 Å². The molecule has 1 aromatic carbocycles. The first-order chi connectivity index (χ1) is 6.81. The Bertz CT molecular complexity index is 423. The molecule has 0 unspecified atom stereocenters. The van der Waals surface area contributed by atoms with Crippen LogP contribution in [-0.2, 0) is 6.54 Å². The molecule has 0 aliphatic heterocycles. The van der Waals surface area contributed by atoms with Gasteiger partial charge in [0.2, 0.25) is 0 Å². The van der Waals surface area contributed by atoms with Gasteiger partial charge in [-0.3, -0.25) is 0 Å². The highest BCUT2D eigenvalue weighted by atomic mass is 32.1. The Balaban J connectivity index is 2.55. The third-order valence-electron chi connectivity index (χ3n) is 2.12. The highest BCUT2D eigenvalue weighted by Gasteiger charge is 2.05. The van der Waals surface area contributed by atoms with Crippen molar-refractivity contribution in [1.82, 2.24) is 0 Å². The highest BCUT2D eigenvalue weighted by Crippen LogP contribution is 2.26. The fraction of sp³-hybridized carbons (Fsp3) is 0.0909. The van der Waals surface area contributed by atoms with Crippen LogP contribution in [0.4, 0.5) is 4.39 Å². The van der Waals surface area contributed by atoms with Crippen molar-refractivity contribution in [3.05, 3.63) is 46.4 Å². The summed E-state index contributed by atoms with van der Waals surface area (Å²) in [6.45, 7) is 0.436. The Morgan fingerprint density at radius 2 is 2.14 bits per heavy atom. The van der Waals surface area contributed by atoms with Gasteiger partial charge in [0.25, 0.3) is 0 Å². The predicted molar refractivity (Wildman–Crippen MR) is 57.6 cm³/mol. The number of thiophene rings is 1. The standard InChI is InChI=1S/C11H10FNS/c12-10-2-1-8(6-13)11(5-10)9-3-4-14-7-9/h1-5,7H,6,13H2. The van der Waals surface area contributed by atoms with Crippen LogP contribution in [0.3, 0.4) is 0 Å². The van der Waals surface area contributed by atoms with E-state index in [0.717, 1.165) is 16.7 Å². The molecule has 0 bridgehead atoms.